The van der Waals surface area contributed by atoms with E-state index in [9.17, 15) is 19.1 Å². The summed E-state index contributed by atoms with van der Waals surface area (Å²) in [5.41, 5.74) is -0.946. The van der Waals surface area contributed by atoms with Crippen molar-refractivity contribution >= 4 is 5.91 Å². The van der Waals surface area contributed by atoms with Gasteiger partial charge in [0.1, 0.15) is 29.4 Å². The van der Waals surface area contributed by atoms with E-state index >= 15 is 0 Å². The van der Waals surface area contributed by atoms with Gasteiger partial charge in [-0.1, -0.05) is 6.07 Å². The van der Waals surface area contributed by atoms with Crippen molar-refractivity contribution in [2.45, 2.75) is 44.9 Å². The van der Waals surface area contributed by atoms with Crippen molar-refractivity contribution in [1.29, 1.82) is 0 Å². The molecule has 5 rings (SSSR count). The smallest absolute Gasteiger partial charge is 0.296 e. The fourth-order valence-electron chi connectivity index (χ4n) is 4.56. The zero-order valence-corrected chi connectivity index (χ0v) is 19.2. The number of aromatic nitrogens is 5. The molecule has 1 aromatic carbocycles. The van der Waals surface area contributed by atoms with E-state index in [-0.39, 0.29) is 12.2 Å². The Balaban J connectivity index is 1.47. The molecule has 3 aromatic rings. The minimum atomic E-state index is -0.856. The Bertz CT molecular complexity index is 1330. The summed E-state index contributed by atoms with van der Waals surface area (Å²) in [6, 6.07) is 4.09. The van der Waals surface area contributed by atoms with Crippen LogP contribution in [0.15, 0.2) is 29.3 Å². The van der Waals surface area contributed by atoms with Crippen LogP contribution in [-0.4, -0.2) is 55.1 Å². The number of carbonyl (C=O) groups excluding carboxylic acids is 1. The summed E-state index contributed by atoms with van der Waals surface area (Å²) in [7, 11) is 0. The van der Waals surface area contributed by atoms with Crippen molar-refractivity contribution in [2.24, 2.45) is 0 Å². The SMILES string of the molecule is Cc1ncnn1-c1cc(F)ccc1CNC(=O)c1nc2n(c(=O)c1O)CCCOC21CCOCC1. The molecule has 2 aromatic heterocycles. The van der Waals surface area contributed by atoms with E-state index in [0.29, 0.717) is 68.5 Å². The first-order valence-corrected chi connectivity index (χ1v) is 11.4. The van der Waals surface area contributed by atoms with Crippen molar-refractivity contribution in [3.05, 3.63) is 63.6 Å². The van der Waals surface area contributed by atoms with Crippen LogP contribution in [0.4, 0.5) is 4.39 Å². The molecule has 0 saturated carbocycles. The molecular formula is C23H25FN6O5. The van der Waals surface area contributed by atoms with E-state index in [2.05, 4.69) is 20.4 Å². The lowest BCUT2D eigenvalue weighted by atomic mass is 9.92. The number of nitrogens with zero attached hydrogens (tertiary/aromatic N) is 5. The summed E-state index contributed by atoms with van der Waals surface area (Å²) in [5.74, 6) is -1.05. The third kappa shape index (κ3) is 4.19. The molecule has 1 fully saturated rings. The van der Waals surface area contributed by atoms with Gasteiger partial charge in [-0.05, 0) is 31.0 Å². The molecule has 2 N–H and O–H groups in total. The van der Waals surface area contributed by atoms with Crippen LogP contribution in [0.2, 0.25) is 0 Å². The molecule has 35 heavy (non-hydrogen) atoms. The molecule has 12 heteroatoms. The minimum absolute atomic E-state index is 0.0250. The Kier molecular flexibility index (Phi) is 6.07. The van der Waals surface area contributed by atoms with Gasteiger partial charge >= 0.3 is 0 Å². The van der Waals surface area contributed by atoms with Crippen LogP contribution in [0.1, 0.15) is 47.0 Å². The molecule has 1 amide bonds. The third-order valence-corrected chi connectivity index (χ3v) is 6.41. The van der Waals surface area contributed by atoms with E-state index < -0.39 is 28.6 Å². The summed E-state index contributed by atoms with van der Waals surface area (Å²) < 4.78 is 28.4. The number of hydrogen-bond acceptors (Lipinski definition) is 8. The highest BCUT2D eigenvalue weighted by Crippen LogP contribution is 2.37. The maximum atomic E-state index is 13.9. The van der Waals surface area contributed by atoms with Gasteiger partial charge in [-0.2, -0.15) is 5.10 Å². The monoisotopic (exact) mass is 484 g/mol. The highest BCUT2D eigenvalue weighted by atomic mass is 19.1. The topological polar surface area (TPSA) is 133 Å². The van der Waals surface area contributed by atoms with Gasteiger partial charge in [0, 0.05) is 45.8 Å². The van der Waals surface area contributed by atoms with Crippen LogP contribution in [-0.2, 0) is 28.2 Å². The molecule has 1 spiro atoms. The summed E-state index contributed by atoms with van der Waals surface area (Å²) in [4.78, 5) is 34.6. The number of halogens is 1. The van der Waals surface area contributed by atoms with Gasteiger partial charge in [0.15, 0.2) is 5.69 Å². The number of benzene rings is 1. The fraction of sp³-hybridized carbons (Fsp3) is 0.435. The van der Waals surface area contributed by atoms with Crippen molar-refractivity contribution in [3.8, 4) is 11.4 Å². The third-order valence-electron chi connectivity index (χ3n) is 6.41. The highest BCUT2D eigenvalue weighted by molar-refractivity contribution is 5.94. The quantitative estimate of drug-likeness (QED) is 0.567. The van der Waals surface area contributed by atoms with E-state index in [1.807, 2.05) is 0 Å². The predicted molar refractivity (Wildman–Crippen MR) is 120 cm³/mol. The summed E-state index contributed by atoms with van der Waals surface area (Å²) >= 11 is 0. The van der Waals surface area contributed by atoms with Gasteiger partial charge < -0.3 is 19.9 Å². The molecule has 0 atom stereocenters. The predicted octanol–water partition coefficient (Wildman–Crippen LogP) is 1.33. The molecule has 11 nitrogen and oxygen atoms in total. The average molecular weight is 484 g/mol. The molecule has 2 aliphatic heterocycles. The zero-order valence-electron chi connectivity index (χ0n) is 19.2. The number of carbonyl (C=O) groups is 1. The molecular weight excluding hydrogens is 459 g/mol. The van der Waals surface area contributed by atoms with Gasteiger partial charge in [-0.15, -0.1) is 0 Å². The Hall–Kier alpha value is -3.64. The number of aryl methyl sites for hydroxylation is 1. The number of nitrogens with one attached hydrogen (secondary N) is 1. The lowest BCUT2D eigenvalue weighted by Gasteiger charge is -2.36. The second-order valence-corrected chi connectivity index (χ2v) is 8.57. The molecule has 1 saturated heterocycles. The van der Waals surface area contributed by atoms with E-state index in [1.54, 1.807) is 6.92 Å². The number of aromatic hydroxyl groups is 1. The van der Waals surface area contributed by atoms with Crippen molar-refractivity contribution in [2.75, 3.05) is 19.8 Å². The molecule has 0 unspecified atom stereocenters. The van der Waals surface area contributed by atoms with Crippen LogP contribution in [0.5, 0.6) is 5.75 Å². The molecule has 2 aliphatic rings. The van der Waals surface area contributed by atoms with Crippen molar-refractivity contribution in [1.82, 2.24) is 29.6 Å². The molecule has 0 aliphatic carbocycles. The second-order valence-electron chi connectivity index (χ2n) is 8.57. The number of rotatable bonds is 4. The van der Waals surface area contributed by atoms with Crippen LogP contribution < -0.4 is 10.9 Å². The van der Waals surface area contributed by atoms with Gasteiger partial charge in [0.05, 0.1) is 5.69 Å². The largest absolute Gasteiger partial charge is 0.501 e. The van der Waals surface area contributed by atoms with E-state index in [0.717, 1.165) is 0 Å². The van der Waals surface area contributed by atoms with Crippen LogP contribution in [0, 0.1) is 12.7 Å². The standard InChI is InChI=1S/C23H25FN6O5/c1-14-26-13-27-30(14)17-11-16(24)4-3-15(17)12-25-20(32)18-19(31)21(33)29-7-2-8-35-23(22(29)28-18)5-9-34-10-6-23/h3-4,11,13,31H,2,5-10,12H2,1H3,(H,25,32). The Morgan fingerprint density at radius 3 is 2.83 bits per heavy atom. The molecule has 4 heterocycles. The lowest BCUT2D eigenvalue weighted by Crippen LogP contribution is -2.42. The first kappa shape index (κ1) is 23.1. The molecule has 0 bridgehead atoms. The van der Waals surface area contributed by atoms with Gasteiger partial charge in [-0.3, -0.25) is 14.2 Å². The summed E-state index contributed by atoms with van der Waals surface area (Å²) in [5, 5.41) is 17.4. The summed E-state index contributed by atoms with van der Waals surface area (Å²) in [6.07, 6.45) is 2.90. The number of fused-ring (bicyclic) bond motifs is 2. The normalized spacial score (nSPS) is 17.1. The average Bonchev–Trinajstić information content (AvgIpc) is 3.21. The van der Waals surface area contributed by atoms with Crippen LogP contribution in [0.25, 0.3) is 5.69 Å². The van der Waals surface area contributed by atoms with Gasteiger partial charge in [-0.25, -0.2) is 19.0 Å². The molecule has 0 radical (unpaired) electrons. The van der Waals surface area contributed by atoms with Gasteiger partial charge in [0.25, 0.3) is 11.5 Å². The van der Waals surface area contributed by atoms with E-state index in [1.165, 1.54) is 33.8 Å². The minimum Gasteiger partial charge on any atom is -0.501 e. The number of ether oxygens (including phenoxy) is 2. The van der Waals surface area contributed by atoms with Crippen molar-refractivity contribution < 1.29 is 23.8 Å². The first-order valence-electron chi connectivity index (χ1n) is 11.4. The van der Waals surface area contributed by atoms with E-state index in [4.69, 9.17) is 9.47 Å². The first-order chi connectivity index (χ1) is 16.9. The Morgan fingerprint density at radius 1 is 1.29 bits per heavy atom. The van der Waals surface area contributed by atoms with Crippen LogP contribution in [0.3, 0.4) is 0 Å². The fourth-order valence-corrected chi connectivity index (χ4v) is 4.56. The Labute approximate surface area is 199 Å². The summed E-state index contributed by atoms with van der Waals surface area (Å²) in [6.45, 7) is 3.33. The maximum absolute atomic E-state index is 13.9. The highest BCUT2D eigenvalue weighted by Gasteiger charge is 2.42. The lowest BCUT2D eigenvalue weighted by molar-refractivity contribution is -0.118. The Morgan fingerprint density at radius 2 is 2.09 bits per heavy atom. The van der Waals surface area contributed by atoms with Crippen molar-refractivity contribution in [3.63, 3.8) is 0 Å². The number of hydrogen-bond donors (Lipinski definition) is 2. The molecule has 184 valence electrons. The second kappa shape index (κ2) is 9.19. The maximum Gasteiger partial charge on any atom is 0.296 e. The van der Waals surface area contributed by atoms with Crippen LogP contribution >= 0.6 is 0 Å². The number of amides is 1. The zero-order chi connectivity index (χ0) is 24.6. The van der Waals surface area contributed by atoms with Gasteiger partial charge in [0.2, 0.25) is 5.75 Å².